The summed E-state index contributed by atoms with van der Waals surface area (Å²) in [5.41, 5.74) is 0. The fourth-order valence-electron chi connectivity index (χ4n) is 6.10. The van der Waals surface area contributed by atoms with E-state index in [1.54, 1.807) is 0 Å². The van der Waals surface area contributed by atoms with Crippen LogP contribution in [0.3, 0.4) is 0 Å². The summed E-state index contributed by atoms with van der Waals surface area (Å²) in [5.74, 6) is 1.60. The van der Waals surface area contributed by atoms with Crippen LogP contribution in [0.4, 0.5) is 0 Å². The molecule has 1 N–H and O–H groups in total. The van der Waals surface area contributed by atoms with E-state index in [1.807, 2.05) is 30.3 Å². The van der Waals surface area contributed by atoms with Crippen molar-refractivity contribution in [1.82, 2.24) is 0 Å². The van der Waals surface area contributed by atoms with Crippen molar-refractivity contribution in [2.24, 2.45) is 17.8 Å². The Morgan fingerprint density at radius 3 is 2.43 bits per heavy atom. The summed E-state index contributed by atoms with van der Waals surface area (Å²) in [6, 6.07) is 9.87. The number of aliphatic hydroxyl groups is 1. The third kappa shape index (κ3) is 7.78. The fourth-order valence-corrected chi connectivity index (χ4v) is 6.10. The lowest BCUT2D eigenvalue weighted by molar-refractivity contribution is -0.193. The first kappa shape index (κ1) is 27.1. The smallest absolute Gasteiger partial charge is 0.158 e. The molecule has 0 spiro atoms. The van der Waals surface area contributed by atoms with Gasteiger partial charge >= 0.3 is 0 Å². The topological polar surface area (TPSA) is 75.6 Å². The highest BCUT2D eigenvalue weighted by Crippen LogP contribution is 2.43. The van der Waals surface area contributed by atoms with Gasteiger partial charge in [-0.15, -0.1) is 0 Å². The van der Waals surface area contributed by atoms with E-state index in [4.69, 9.17) is 28.4 Å². The molecular weight excluding hydrogens is 472 g/mol. The summed E-state index contributed by atoms with van der Waals surface area (Å²) in [4.78, 5) is 0. The normalized spacial score (nSPS) is 35.6. The molecule has 206 valence electrons. The molecule has 0 aromatic heterocycles. The maximum absolute atomic E-state index is 9.72. The van der Waals surface area contributed by atoms with Gasteiger partial charge in [-0.25, -0.2) is 0 Å². The number of hydrogen-bond acceptors (Lipinski definition) is 7. The molecule has 1 saturated carbocycles. The van der Waals surface area contributed by atoms with Gasteiger partial charge in [-0.05, 0) is 69.4 Å². The minimum Gasteiger partial charge on any atom is -0.491 e. The fraction of sp³-hybridized carbons (Fsp3) is 0.733. The molecule has 1 aliphatic carbocycles. The van der Waals surface area contributed by atoms with Gasteiger partial charge in [0.25, 0.3) is 0 Å². The van der Waals surface area contributed by atoms with Crippen LogP contribution in [0.1, 0.15) is 57.8 Å². The Bertz CT molecular complexity index is 805. The molecule has 0 radical (unpaired) electrons. The lowest BCUT2D eigenvalue weighted by Crippen LogP contribution is -2.32. The Balaban J connectivity index is 1.30. The third-order valence-electron chi connectivity index (χ3n) is 8.21. The summed E-state index contributed by atoms with van der Waals surface area (Å²) >= 11 is 0. The second-order valence-electron chi connectivity index (χ2n) is 10.9. The monoisotopic (exact) mass is 516 g/mol. The van der Waals surface area contributed by atoms with E-state index < -0.39 is 0 Å². The van der Waals surface area contributed by atoms with Gasteiger partial charge in [-0.3, -0.25) is 0 Å². The van der Waals surface area contributed by atoms with Crippen LogP contribution in [0.2, 0.25) is 0 Å². The van der Waals surface area contributed by atoms with Crippen LogP contribution < -0.4 is 4.74 Å². The standard InChI is InChI=1S/C30H44O7/c31-19-22-12-14-25-26(28(18-27(25)35-20-22)37-30-11-5-7-17-33-30)15-13-24(36-29-10-4-6-16-32-29)21-34-23-8-2-1-3-9-23/h1-3,8-9,13,15,22,24-31H,4-7,10-12,14,16-21H2/t22-,24-,25-,26-,27+,28-,29?,30?/m1/s1. The van der Waals surface area contributed by atoms with Gasteiger partial charge in [0.15, 0.2) is 12.6 Å². The van der Waals surface area contributed by atoms with Gasteiger partial charge in [0.05, 0.1) is 18.8 Å². The molecule has 3 heterocycles. The van der Waals surface area contributed by atoms with Crippen molar-refractivity contribution in [3.63, 3.8) is 0 Å². The minimum atomic E-state index is -0.231. The molecule has 2 unspecified atom stereocenters. The van der Waals surface area contributed by atoms with Gasteiger partial charge in [0, 0.05) is 38.1 Å². The maximum Gasteiger partial charge on any atom is 0.158 e. The molecule has 37 heavy (non-hydrogen) atoms. The van der Waals surface area contributed by atoms with Gasteiger partial charge in [0.2, 0.25) is 0 Å². The van der Waals surface area contributed by atoms with Crippen molar-refractivity contribution in [2.75, 3.05) is 33.0 Å². The van der Waals surface area contributed by atoms with Crippen LogP contribution in [0.15, 0.2) is 42.5 Å². The molecular formula is C30H44O7. The first-order valence-corrected chi connectivity index (χ1v) is 14.4. The second kappa shape index (κ2) is 14.1. The Morgan fingerprint density at radius 1 is 0.919 bits per heavy atom. The number of hydrogen-bond donors (Lipinski definition) is 1. The number of benzene rings is 1. The molecule has 8 atom stereocenters. The lowest BCUT2D eigenvalue weighted by atomic mass is 9.87. The van der Waals surface area contributed by atoms with Crippen LogP contribution in [-0.2, 0) is 23.7 Å². The Kier molecular flexibility index (Phi) is 10.3. The average Bonchev–Trinajstić information content (AvgIpc) is 3.13. The van der Waals surface area contributed by atoms with Crippen molar-refractivity contribution < 1.29 is 33.5 Å². The van der Waals surface area contributed by atoms with Crippen LogP contribution in [-0.4, -0.2) is 69.0 Å². The predicted octanol–water partition coefficient (Wildman–Crippen LogP) is 4.87. The second-order valence-corrected chi connectivity index (χ2v) is 10.9. The number of fused-ring (bicyclic) bond motifs is 1. The summed E-state index contributed by atoms with van der Waals surface area (Å²) in [6.07, 6.45) is 13.2. The number of ether oxygens (including phenoxy) is 6. The van der Waals surface area contributed by atoms with Gasteiger partial charge < -0.3 is 33.5 Å². The molecule has 7 nitrogen and oxygen atoms in total. The zero-order chi connectivity index (χ0) is 25.3. The van der Waals surface area contributed by atoms with Crippen molar-refractivity contribution >= 4 is 0 Å². The highest BCUT2D eigenvalue weighted by Gasteiger charge is 2.45. The summed E-state index contributed by atoms with van der Waals surface area (Å²) in [5, 5.41) is 9.72. The zero-order valence-corrected chi connectivity index (χ0v) is 22.0. The zero-order valence-electron chi connectivity index (χ0n) is 22.0. The summed E-state index contributed by atoms with van der Waals surface area (Å²) < 4.78 is 37.2. The van der Waals surface area contributed by atoms with Crippen molar-refractivity contribution in [1.29, 1.82) is 0 Å². The van der Waals surface area contributed by atoms with Crippen LogP contribution in [0.25, 0.3) is 0 Å². The SMILES string of the molecule is OC[C@H]1CC[C@@H]2[C@@H](C=C[C@H](COc3ccccc3)OC3CCCCO3)[C@H](OC3CCCCO3)C[C@@H]2OC1. The van der Waals surface area contributed by atoms with Crippen molar-refractivity contribution in [3.05, 3.63) is 42.5 Å². The van der Waals surface area contributed by atoms with E-state index in [0.29, 0.717) is 19.1 Å². The molecule has 7 heteroatoms. The van der Waals surface area contributed by atoms with Gasteiger partial charge in [-0.2, -0.15) is 0 Å². The lowest BCUT2D eigenvalue weighted by Gasteiger charge is -2.30. The molecule has 3 saturated heterocycles. The first-order valence-electron chi connectivity index (χ1n) is 14.4. The molecule has 0 amide bonds. The van der Waals surface area contributed by atoms with E-state index in [9.17, 15) is 5.11 Å². The number of para-hydroxylation sites is 1. The molecule has 0 bridgehead atoms. The average molecular weight is 517 g/mol. The molecule has 1 aromatic carbocycles. The van der Waals surface area contributed by atoms with E-state index in [2.05, 4.69) is 12.2 Å². The quantitative estimate of drug-likeness (QED) is 0.445. The first-order chi connectivity index (χ1) is 18.3. The number of aliphatic hydroxyl groups excluding tert-OH is 1. The highest BCUT2D eigenvalue weighted by molar-refractivity contribution is 5.21. The Labute approximate surface area is 221 Å². The molecule has 4 fully saturated rings. The summed E-state index contributed by atoms with van der Waals surface area (Å²) in [7, 11) is 0. The summed E-state index contributed by atoms with van der Waals surface area (Å²) in [6.45, 7) is 2.74. The highest BCUT2D eigenvalue weighted by atomic mass is 16.7. The minimum absolute atomic E-state index is 0.0432. The van der Waals surface area contributed by atoms with Crippen LogP contribution in [0, 0.1) is 17.8 Å². The molecule has 5 rings (SSSR count). The van der Waals surface area contributed by atoms with Crippen molar-refractivity contribution in [2.45, 2.75) is 88.7 Å². The maximum atomic E-state index is 9.72. The third-order valence-corrected chi connectivity index (χ3v) is 8.21. The Morgan fingerprint density at radius 2 is 1.70 bits per heavy atom. The van der Waals surface area contributed by atoms with Crippen molar-refractivity contribution in [3.8, 4) is 5.75 Å². The van der Waals surface area contributed by atoms with Gasteiger partial charge in [-0.1, -0.05) is 30.4 Å². The van der Waals surface area contributed by atoms with E-state index in [1.165, 1.54) is 0 Å². The largest absolute Gasteiger partial charge is 0.491 e. The van der Waals surface area contributed by atoms with E-state index >= 15 is 0 Å². The molecule has 1 aromatic rings. The number of rotatable bonds is 10. The van der Waals surface area contributed by atoms with E-state index in [0.717, 1.165) is 76.8 Å². The van der Waals surface area contributed by atoms with Crippen LogP contribution >= 0.6 is 0 Å². The van der Waals surface area contributed by atoms with E-state index in [-0.39, 0.29) is 49.3 Å². The molecule has 3 aliphatic heterocycles. The van der Waals surface area contributed by atoms with Gasteiger partial charge in [0.1, 0.15) is 18.5 Å². The predicted molar refractivity (Wildman–Crippen MR) is 139 cm³/mol. The Hall–Kier alpha value is -1.48. The molecule has 4 aliphatic rings. The van der Waals surface area contributed by atoms with Crippen LogP contribution in [0.5, 0.6) is 5.75 Å².